The molecule has 0 unspecified atom stereocenters. The van der Waals surface area contributed by atoms with E-state index in [1.807, 2.05) is 48.7 Å². The molecule has 0 spiro atoms. The number of aryl methyl sites for hydroxylation is 1. The zero-order chi connectivity index (χ0) is 24.4. The summed E-state index contributed by atoms with van der Waals surface area (Å²) in [6, 6.07) is 14.4. The highest BCUT2D eigenvalue weighted by atomic mass is 19.1. The van der Waals surface area contributed by atoms with Gasteiger partial charge in [0, 0.05) is 23.1 Å². The minimum atomic E-state index is -0.721. The van der Waals surface area contributed by atoms with Crippen LogP contribution in [-0.4, -0.2) is 41.0 Å². The molecule has 1 aromatic heterocycles. The minimum Gasteiger partial charge on any atom is -0.497 e. The normalized spacial score (nSPS) is 14.5. The lowest BCUT2D eigenvalue weighted by Crippen LogP contribution is -2.38. The van der Waals surface area contributed by atoms with Crippen LogP contribution in [0.4, 0.5) is 14.9 Å². The lowest BCUT2D eigenvalue weighted by molar-refractivity contribution is -0.127. The Morgan fingerprint density at radius 1 is 1.12 bits per heavy atom. The molecule has 2 aromatic carbocycles. The third kappa shape index (κ3) is 4.40. The first-order valence-electron chi connectivity index (χ1n) is 10.5. The number of benzene rings is 2. The molecule has 2 N–H and O–H groups in total. The predicted molar refractivity (Wildman–Crippen MR) is 125 cm³/mol. The number of para-hydroxylation sites is 1. The summed E-state index contributed by atoms with van der Waals surface area (Å²) in [7, 11) is 1.60. The van der Waals surface area contributed by atoms with Crippen LogP contribution in [0.25, 0.3) is 11.8 Å². The van der Waals surface area contributed by atoms with Gasteiger partial charge in [0.05, 0.1) is 12.8 Å². The quantitative estimate of drug-likeness (QED) is 0.431. The van der Waals surface area contributed by atoms with Gasteiger partial charge in [-0.1, -0.05) is 18.2 Å². The third-order valence-corrected chi connectivity index (χ3v) is 5.49. The fraction of sp³-hybridized carbons (Fsp3) is 0.160. The Hall–Kier alpha value is -4.40. The van der Waals surface area contributed by atoms with E-state index < -0.39 is 30.2 Å². The van der Waals surface area contributed by atoms with E-state index in [1.54, 1.807) is 19.3 Å². The van der Waals surface area contributed by atoms with Gasteiger partial charge in [-0.05, 0) is 55.8 Å². The van der Waals surface area contributed by atoms with Crippen LogP contribution in [0.3, 0.4) is 0 Å². The number of methoxy groups -OCH3 is 1. The van der Waals surface area contributed by atoms with Crippen LogP contribution >= 0.6 is 0 Å². The number of carbonyl (C=O) groups excluding carboxylic acids is 3. The summed E-state index contributed by atoms with van der Waals surface area (Å²) in [4.78, 5) is 38.3. The summed E-state index contributed by atoms with van der Waals surface area (Å²) in [5, 5.41) is 4.88. The number of carbonyl (C=O) groups is 3. The highest BCUT2D eigenvalue weighted by molar-refractivity contribution is 6.16. The summed E-state index contributed by atoms with van der Waals surface area (Å²) < 4.78 is 21.1. The number of urea groups is 1. The number of amides is 4. The van der Waals surface area contributed by atoms with Crippen molar-refractivity contribution in [3.63, 3.8) is 0 Å². The summed E-state index contributed by atoms with van der Waals surface area (Å²) in [6.07, 6.45) is 1.58. The second-order valence-corrected chi connectivity index (χ2v) is 7.77. The molecule has 3 aromatic rings. The highest BCUT2D eigenvalue weighted by Gasteiger charge is 2.35. The zero-order valence-corrected chi connectivity index (χ0v) is 18.9. The van der Waals surface area contributed by atoms with E-state index in [4.69, 9.17) is 4.74 Å². The van der Waals surface area contributed by atoms with Gasteiger partial charge >= 0.3 is 6.03 Å². The first-order valence-corrected chi connectivity index (χ1v) is 10.5. The highest BCUT2D eigenvalue weighted by Crippen LogP contribution is 2.26. The average molecular weight is 462 g/mol. The van der Waals surface area contributed by atoms with Gasteiger partial charge in [-0.15, -0.1) is 0 Å². The van der Waals surface area contributed by atoms with Crippen LogP contribution in [0.2, 0.25) is 0 Å². The number of hydrogen-bond acceptors (Lipinski definition) is 4. The lowest BCUT2D eigenvalue weighted by Gasteiger charge is -2.12. The maximum absolute atomic E-state index is 13.8. The molecule has 8 nitrogen and oxygen atoms in total. The fourth-order valence-corrected chi connectivity index (χ4v) is 3.85. The Morgan fingerprint density at radius 3 is 2.62 bits per heavy atom. The van der Waals surface area contributed by atoms with Gasteiger partial charge in [-0.2, -0.15) is 0 Å². The molecular formula is C25H23FN4O4. The smallest absolute Gasteiger partial charge is 0.329 e. The number of nitrogens with zero attached hydrogens (tertiary/aromatic N) is 2. The maximum atomic E-state index is 13.8. The van der Waals surface area contributed by atoms with E-state index in [-0.39, 0.29) is 11.4 Å². The van der Waals surface area contributed by atoms with Crippen molar-refractivity contribution in [1.29, 1.82) is 0 Å². The molecule has 1 aliphatic heterocycles. The predicted octanol–water partition coefficient (Wildman–Crippen LogP) is 3.77. The first kappa shape index (κ1) is 22.8. The fourth-order valence-electron chi connectivity index (χ4n) is 3.85. The van der Waals surface area contributed by atoms with E-state index in [2.05, 4.69) is 10.6 Å². The van der Waals surface area contributed by atoms with Crippen LogP contribution in [0.5, 0.6) is 5.75 Å². The molecule has 4 amide bonds. The second-order valence-electron chi connectivity index (χ2n) is 7.77. The molecule has 174 valence electrons. The molecule has 0 bridgehead atoms. The SMILES string of the molecule is COc1cccc(-n2c(C)cc(/C=C3\NC(=O)N(CC(=O)Nc4ccccc4F)C3=O)c2C)c1. The molecular weight excluding hydrogens is 439 g/mol. The zero-order valence-electron chi connectivity index (χ0n) is 18.9. The number of hydrogen-bond donors (Lipinski definition) is 2. The molecule has 0 atom stereocenters. The van der Waals surface area contributed by atoms with Crippen molar-refractivity contribution < 1.29 is 23.5 Å². The molecule has 0 aliphatic carbocycles. The Labute approximate surface area is 195 Å². The molecule has 1 saturated heterocycles. The Morgan fingerprint density at radius 2 is 1.88 bits per heavy atom. The van der Waals surface area contributed by atoms with Gasteiger partial charge < -0.3 is 19.9 Å². The van der Waals surface area contributed by atoms with Crippen molar-refractivity contribution in [3.05, 3.63) is 83.1 Å². The maximum Gasteiger partial charge on any atom is 0.329 e. The van der Waals surface area contributed by atoms with Crippen molar-refractivity contribution in [1.82, 2.24) is 14.8 Å². The molecule has 0 radical (unpaired) electrons. The summed E-state index contributed by atoms with van der Waals surface area (Å²) >= 11 is 0. The number of anilines is 1. The topological polar surface area (TPSA) is 92.7 Å². The number of imide groups is 1. The number of rotatable bonds is 6. The van der Waals surface area contributed by atoms with Crippen LogP contribution in [0, 0.1) is 19.7 Å². The number of nitrogens with one attached hydrogen (secondary N) is 2. The van der Waals surface area contributed by atoms with E-state index in [9.17, 15) is 18.8 Å². The van der Waals surface area contributed by atoms with Crippen molar-refractivity contribution in [3.8, 4) is 11.4 Å². The van der Waals surface area contributed by atoms with Crippen molar-refractivity contribution >= 4 is 29.6 Å². The standard InChI is InChI=1S/C25H23FN4O4/c1-15-11-17(16(2)30(15)18-7-6-8-19(13-18)34-3)12-22-24(32)29(25(33)28-22)14-23(31)27-21-10-5-4-9-20(21)26/h4-13H,14H2,1-3H3,(H,27,31)(H,28,33)/b22-12-. The van der Waals surface area contributed by atoms with Gasteiger partial charge in [-0.25, -0.2) is 14.1 Å². The van der Waals surface area contributed by atoms with Crippen LogP contribution < -0.4 is 15.4 Å². The number of aromatic nitrogens is 1. The van der Waals surface area contributed by atoms with Crippen molar-refractivity contribution in [2.24, 2.45) is 0 Å². The summed E-state index contributed by atoms with van der Waals surface area (Å²) in [5.41, 5.74) is 3.44. The molecule has 2 heterocycles. The van der Waals surface area contributed by atoms with E-state index in [0.717, 1.165) is 27.5 Å². The van der Waals surface area contributed by atoms with E-state index in [1.165, 1.54) is 18.2 Å². The minimum absolute atomic E-state index is 0.0275. The lowest BCUT2D eigenvalue weighted by atomic mass is 10.2. The van der Waals surface area contributed by atoms with Gasteiger partial charge in [0.1, 0.15) is 23.8 Å². The number of ether oxygens (including phenoxy) is 1. The average Bonchev–Trinajstić information content (AvgIpc) is 3.24. The van der Waals surface area contributed by atoms with E-state index >= 15 is 0 Å². The van der Waals surface area contributed by atoms with Crippen LogP contribution in [0.15, 0.2) is 60.3 Å². The molecule has 9 heteroatoms. The van der Waals surface area contributed by atoms with Crippen molar-refractivity contribution in [2.75, 3.05) is 19.0 Å². The first-order chi connectivity index (χ1) is 16.3. The van der Waals surface area contributed by atoms with Gasteiger partial charge in [0.2, 0.25) is 5.91 Å². The van der Waals surface area contributed by atoms with Gasteiger partial charge in [0.25, 0.3) is 5.91 Å². The molecule has 0 saturated carbocycles. The summed E-state index contributed by atoms with van der Waals surface area (Å²) in [6.45, 7) is 3.29. The Kier molecular flexibility index (Phi) is 6.18. The Balaban J connectivity index is 1.54. The molecule has 1 aliphatic rings. The largest absolute Gasteiger partial charge is 0.497 e. The van der Waals surface area contributed by atoms with Gasteiger partial charge in [-0.3, -0.25) is 9.59 Å². The second kappa shape index (κ2) is 9.22. The van der Waals surface area contributed by atoms with E-state index in [0.29, 0.717) is 5.75 Å². The molecule has 1 fully saturated rings. The molecule has 4 rings (SSSR count). The van der Waals surface area contributed by atoms with Crippen LogP contribution in [0.1, 0.15) is 17.0 Å². The molecule has 34 heavy (non-hydrogen) atoms. The monoisotopic (exact) mass is 462 g/mol. The summed E-state index contributed by atoms with van der Waals surface area (Å²) in [5.74, 6) is -1.22. The third-order valence-electron chi connectivity index (χ3n) is 5.49. The van der Waals surface area contributed by atoms with Crippen molar-refractivity contribution in [2.45, 2.75) is 13.8 Å². The number of halogens is 1. The van der Waals surface area contributed by atoms with Crippen LogP contribution in [-0.2, 0) is 9.59 Å². The van der Waals surface area contributed by atoms with Gasteiger partial charge in [0.15, 0.2) is 0 Å². The Bertz CT molecular complexity index is 1330.